The summed E-state index contributed by atoms with van der Waals surface area (Å²) in [6, 6.07) is 0. The monoisotopic (exact) mass is 218 g/mol. The molecule has 7 heavy (non-hydrogen) atoms. The molecule has 1 aromatic rings. The van der Waals surface area contributed by atoms with E-state index < -0.39 is 0 Å². The summed E-state index contributed by atoms with van der Waals surface area (Å²) in [5.74, 6) is 0. The Morgan fingerprint density at radius 1 is 1.86 bits per heavy atom. The van der Waals surface area contributed by atoms with E-state index >= 15 is 0 Å². The molecule has 0 amide bonds. The first-order valence-electron chi connectivity index (χ1n) is 1.96. The Bertz CT molecular complexity index is 127. The van der Waals surface area contributed by atoms with Crippen molar-refractivity contribution in [3.63, 3.8) is 0 Å². The molecule has 34 valence electrons. The van der Waals surface area contributed by atoms with Gasteiger partial charge in [-0.15, -0.1) is 0 Å². The summed E-state index contributed by atoms with van der Waals surface area (Å²) < 4.78 is 1.32. The number of rotatable bonds is 1. The maximum atomic E-state index is 3.87. The molecule has 0 unspecified atom stereocenters. The van der Waals surface area contributed by atoms with Crippen LogP contribution in [0.4, 0.5) is 0 Å². The maximum Gasteiger partial charge on any atom is 0.530 e. The summed E-state index contributed by atoms with van der Waals surface area (Å²) in [4.78, 5) is 6.90. The van der Waals surface area contributed by atoms with Gasteiger partial charge < -0.3 is 4.98 Å². The Balaban J connectivity index is 2.76. The quantitative estimate of drug-likeness (QED) is 0.525. The molecule has 1 rings (SSSR count). The van der Waals surface area contributed by atoms with Gasteiger partial charge >= 0.3 is 16.5 Å². The van der Waals surface area contributed by atoms with Crippen molar-refractivity contribution in [1.82, 2.24) is 9.97 Å². The molecular formula is C3H3IMgN2. The third kappa shape index (κ3) is 1.58. The van der Waals surface area contributed by atoms with E-state index in [1.807, 2.05) is 6.20 Å². The van der Waals surface area contributed by atoms with Gasteiger partial charge in [0.2, 0.25) is 0 Å². The topological polar surface area (TPSA) is 28.7 Å². The summed E-state index contributed by atoms with van der Waals surface area (Å²) in [5.41, 5.74) is 0. The van der Waals surface area contributed by atoms with Crippen LogP contribution in [0, 0.1) is 0 Å². The largest absolute Gasteiger partial charge is 0.530 e. The molecule has 1 aromatic heterocycles. The lowest BCUT2D eigenvalue weighted by Gasteiger charge is -1.75. The molecule has 0 radical (unpaired) electrons. The van der Waals surface area contributed by atoms with Crippen LogP contribution in [-0.4, -0.2) is 26.4 Å². The second-order valence-corrected chi connectivity index (χ2v) is 4.53. The fraction of sp³-hybridized carbons (Fsp3) is 0. The van der Waals surface area contributed by atoms with Crippen LogP contribution >= 0.6 is 18.9 Å². The lowest BCUT2D eigenvalue weighted by atomic mass is 10.9. The number of halogens is 1. The van der Waals surface area contributed by atoms with Gasteiger partial charge in [-0.2, -0.15) is 0 Å². The number of imidazole rings is 1. The van der Waals surface area contributed by atoms with E-state index in [1.54, 1.807) is 6.33 Å². The van der Waals surface area contributed by atoms with E-state index in [4.69, 9.17) is 0 Å². The summed E-state index contributed by atoms with van der Waals surface area (Å²) in [7, 11) is 0. The van der Waals surface area contributed by atoms with Gasteiger partial charge in [0, 0.05) is 6.20 Å². The predicted molar refractivity (Wildman–Crippen MR) is 38.0 cm³/mol. The van der Waals surface area contributed by atoms with Gasteiger partial charge in [-0.05, 0) is 0 Å². The number of aromatic nitrogens is 2. The molecule has 0 fully saturated rings. The molecule has 1 heterocycles. The Labute approximate surface area is 61.2 Å². The minimum atomic E-state index is -0.0146. The van der Waals surface area contributed by atoms with Crippen molar-refractivity contribution in [2.24, 2.45) is 0 Å². The van der Waals surface area contributed by atoms with Gasteiger partial charge in [-0.1, -0.05) is 3.82 Å². The number of hydrogen-bond acceptors (Lipinski definition) is 1. The van der Waals surface area contributed by atoms with Crippen LogP contribution in [0.15, 0.2) is 12.5 Å². The fourth-order valence-electron chi connectivity index (χ4n) is 0.358. The lowest BCUT2D eigenvalue weighted by Crippen LogP contribution is -2.06. The van der Waals surface area contributed by atoms with Crippen molar-refractivity contribution in [2.45, 2.75) is 0 Å². The Morgan fingerprint density at radius 3 is 3.00 bits per heavy atom. The van der Waals surface area contributed by atoms with E-state index in [0.717, 1.165) is 0 Å². The van der Waals surface area contributed by atoms with Crippen LogP contribution in [0.5, 0.6) is 0 Å². The van der Waals surface area contributed by atoms with Crippen LogP contribution in [0.2, 0.25) is 0 Å². The SMILES string of the molecule is [I][Mg][c]1cnc[nH]1. The summed E-state index contributed by atoms with van der Waals surface area (Å²) in [5, 5.41) is 0. The van der Waals surface area contributed by atoms with Gasteiger partial charge in [0.15, 0.2) is 0 Å². The highest BCUT2D eigenvalue weighted by atomic mass is 127. The van der Waals surface area contributed by atoms with E-state index in [2.05, 4.69) is 28.8 Å². The molecule has 0 atom stereocenters. The van der Waals surface area contributed by atoms with Gasteiger partial charge in [-0.3, -0.25) is 18.9 Å². The molecule has 0 aliphatic carbocycles. The van der Waals surface area contributed by atoms with Crippen LogP contribution in [0.25, 0.3) is 0 Å². The van der Waals surface area contributed by atoms with E-state index in [-0.39, 0.29) is 16.5 Å². The second kappa shape index (κ2) is 2.88. The first kappa shape index (κ1) is 5.84. The minimum Gasteiger partial charge on any atom is -0.376 e. The lowest BCUT2D eigenvalue weighted by molar-refractivity contribution is 1.32. The maximum absolute atomic E-state index is 3.87. The Morgan fingerprint density at radius 2 is 2.71 bits per heavy atom. The van der Waals surface area contributed by atoms with Crippen molar-refractivity contribution in [3.8, 4) is 0 Å². The van der Waals surface area contributed by atoms with E-state index in [9.17, 15) is 0 Å². The normalized spacial score (nSPS) is 8.14. The summed E-state index contributed by atoms with van der Waals surface area (Å²) in [6.45, 7) is 0. The Hall–Kier alpha value is 0.706. The zero-order chi connectivity index (χ0) is 5.11. The highest BCUT2D eigenvalue weighted by molar-refractivity contribution is 14.1. The highest BCUT2D eigenvalue weighted by Gasteiger charge is 1.91. The molecule has 0 saturated carbocycles. The molecule has 0 aliphatic heterocycles. The number of nitrogens with one attached hydrogen (secondary N) is 1. The van der Waals surface area contributed by atoms with E-state index in [0.29, 0.717) is 0 Å². The molecular weight excluding hydrogens is 215 g/mol. The molecule has 0 saturated heterocycles. The van der Waals surface area contributed by atoms with Crippen molar-refractivity contribution >= 4 is 39.2 Å². The van der Waals surface area contributed by atoms with Gasteiger partial charge in [0.25, 0.3) is 0 Å². The van der Waals surface area contributed by atoms with Crippen LogP contribution in [-0.2, 0) is 0 Å². The number of aromatic amines is 1. The predicted octanol–water partition coefficient (Wildman–Crippen LogP) is 0.0892. The average molecular weight is 218 g/mol. The first-order chi connectivity index (χ1) is 3.43. The van der Waals surface area contributed by atoms with Crippen molar-refractivity contribution in [1.29, 1.82) is 0 Å². The van der Waals surface area contributed by atoms with Crippen molar-refractivity contribution in [2.75, 3.05) is 0 Å². The minimum absolute atomic E-state index is 0.0146. The molecule has 0 aromatic carbocycles. The first-order valence-corrected chi connectivity index (χ1v) is 7.78. The number of hydrogen-bond donors (Lipinski definition) is 1. The van der Waals surface area contributed by atoms with Crippen LogP contribution in [0.3, 0.4) is 0 Å². The third-order valence-electron chi connectivity index (χ3n) is 0.699. The van der Waals surface area contributed by atoms with Crippen molar-refractivity contribution in [3.05, 3.63) is 12.5 Å². The molecule has 0 spiro atoms. The summed E-state index contributed by atoms with van der Waals surface area (Å²) >= 11 is 2.40. The second-order valence-electron chi connectivity index (χ2n) is 1.21. The van der Waals surface area contributed by atoms with Gasteiger partial charge in [0.05, 0.1) is 6.33 Å². The fourth-order valence-corrected chi connectivity index (χ4v) is 1.95. The molecule has 2 nitrogen and oxygen atoms in total. The highest BCUT2D eigenvalue weighted by Crippen LogP contribution is 1.74. The zero-order valence-electron chi connectivity index (χ0n) is 3.69. The number of H-pyrrole nitrogens is 1. The molecule has 0 aliphatic rings. The molecule has 0 bridgehead atoms. The summed E-state index contributed by atoms with van der Waals surface area (Å²) in [6.07, 6.45) is 3.61. The van der Waals surface area contributed by atoms with Gasteiger partial charge in [0.1, 0.15) is 0 Å². The number of nitrogens with zero attached hydrogens (tertiary/aromatic N) is 1. The van der Waals surface area contributed by atoms with Gasteiger partial charge in [-0.25, -0.2) is 4.98 Å². The van der Waals surface area contributed by atoms with E-state index in [1.165, 1.54) is 3.82 Å². The third-order valence-corrected chi connectivity index (χ3v) is 3.84. The van der Waals surface area contributed by atoms with Crippen molar-refractivity contribution < 1.29 is 0 Å². The molecule has 1 N–H and O–H groups in total. The Kier molecular flexibility index (Phi) is 2.40. The smallest absolute Gasteiger partial charge is 0.376 e. The zero-order valence-corrected chi connectivity index (χ0v) is 7.26. The van der Waals surface area contributed by atoms with Crippen LogP contribution in [0.1, 0.15) is 0 Å². The van der Waals surface area contributed by atoms with Crippen LogP contribution < -0.4 is 3.82 Å². The average Bonchev–Trinajstić information content (AvgIpc) is 2.14. The molecule has 4 heteroatoms. The standard InChI is InChI=1S/C3H3N2.HI.Mg/c1-2-5-3-4-1;;/h1,3H,(H,4,5);1H;/q;;+1/p-1.